The maximum absolute atomic E-state index is 9.11. The van der Waals surface area contributed by atoms with Gasteiger partial charge in [-0.05, 0) is 30.1 Å². The average molecular weight is 166 g/mol. The van der Waals surface area contributed by atoms with Crippen molar-refractivity contribution in [3.63, 3.8) is 0 Å². The molecule has 1 N–H and O–H groups in total. The summed E-state index contributed by atoms with van der Waals surface area (Å²) >= 11 is 0. The van der Waals surface area contributed by atoms with E-state index in [2.05, 4.69) is 20.4 Å². The van der Waals surface area contributed by atoms with E-state index in [0.717, 1.165) is 5.92 Å². The zero-order chi connectivity index (χ0) is 8.93. The van der Waals surface area contributed by atoms with Gasteiger partial charge in [-0.25, -0.2) is 0 Å². The lowest BCUT2D eigenvalue weighted by Crippen LogP contribution is -2.52. The smallest absolute Gasteiger partial charge is 0.0496 e. The Morgan fingerprint density at radius 3 is 2.58 bits per heavy atom. The van der Waals surface area contributed by atoms with Crippen molar-refractivity contribution in [2.45, 2.75) is 26.7 Å². The minimum absolute atomic E-state index is 0.307. The van der Waals surface area contributed by atoms with Crippen molar-refractivity contribution in [1.82, 2.24) is 0 Å². The lowest BCUT2D eigenvalue weighted by Gasteiger charge is -2.59. The first-order valence-electron chi connectivity index (χ1n) is 4.87. The highest BCUT2D eigenvalue weighted by atomic mass is 16.3. The molecule has 68 valence electrons. The molecule has 3 rings (SSSR count). The average Bonchev–Trinajstić information content (AvgIpc) is 2.03. The summed E-state index contributed by atoms with van der Waals surface area (Å²) in [5, 5.41) is 9.11. The molecular formula is C11H18O. The van der Waals surface area contributed by atoms with Crippen LogP contribution in [0.5, 0.6) is 0 Å². The Labute approximate surface area is 74.5 Å². The van der Waals surface area contributed by atoms with E-state index in [1.807, 2.05) is 0 Å². The largest absolute Gasteiger partial charge is 0.396 e. The minimum atomic E-state index is 0.307. The molecule has 0 saturated heterocycles. The van der Waals surface area contributed by atoms with Crippen LogP contribution >= 0.6 is 0 Å². The normalized spacial score (nSPS) is 43.9. The van der Waals surface area contributed by atoms with Crippen LogP contribution in [-0.4, -0.2) is 11.7 Å². The Kier molecular flexibility index (Phi) is 1.63. The predicted molar refractivity (Wildman–Crippen MR) is 49.7 cm³/mol. The summed E-state index contributed by atoms with van der Waals surface area (Å²) < 4.78 is 0. The Morgan fingerprint density at radius 1 is 1.50 bits per heavy atom. The quantitative estimate of drug-likeness (QED) is 0.592. The molecule has 0 spiro atoms. The number of aliphatic hydroxyl groups excluding tert-OH is 1. The van der Waals surface area contributed by atoms with Crippen molar-refractivity contribution in [3.8, 4) is 0 Å². The standard InChI is InChI=1S/C11H18O/c1-7-8(6-12)4-9-5-10(7)11(9,2)3/h8-10,12H,1,4-6H2,2-3H3/t8-,9+,10-/m1/s1. The molecular weight excluding hydrogens is 148 g/mol. The van der Waals surface area contributed by atoms with Crippen LogP contribution in [0, 0.1) is 23.2 Å². The fourth-order valence-corrected chi connectivity index (χ4v) is 3.02. The summed E-state index contributed by atoms with van der Waals surface area (Å²) in [5.41, 5.74) is 1.79. The maximum Gasteiger partial charge on any atom is 0.0496 e. The Bertz CT molecular complexity index is 217. The van der Waals surface area contributed by atoms with Crippen LogP contribution in [0.15, 0.2) is 12.2 Å². The maximum atomic E-state index is 9.11. The highest BCUT2D eigenvalue weighted by Crippen LogP contribution is 2.62. The van der Waals surface area contributed by atoms with Gasteiger partial charge < -0.3 is 5.11 Å². The number of hydrogen-bond acceptors (Lipinski definition) is 1. The van der Waals surface area contributed by atoms with Gasteiger partial charge in [0.05, 0.1) is 0 Å². The molecule has 0 radical (unpaired) electrons. The van der Waals surface area contributed by atoms with Crippen LogP contribution in [0.2, 0.25) is 0 Å². The topological polar surface area (TPSA) is 20.2 Å². The van der Waals surface area contributed by atoms with E-state index in [4.69, 9.17) is 5.11 Å². The lowest BCUT2D eigenvalue weighted by molar-refractivity contribution is -0.0546. The lowest BCUT2D eigenvalue weighted by atomic mass is 9.45. The molecule has 0 aromatic carbocycles. The van der Waals surface area contributed by atoms with Crippen LogP contribution in [0.1, 0.15) is 26.7 Å². The zero-order valence-electron chi connectivity index (χ0n) is 8.01. The highest BCUT2D eigenvalue weighted by molar-refractivity contribution is 5.22. The summed E-state index contributed by atoms with van der Waals surface area (Å²) in [4.78, 5) is 0. The molecule has 0 aromatic rings. The molecule has 0 amide bonds. The Morgan fingerprint density at radius 2 is 2.17 bits per heavy atom. The van der Waals surface area contributed by atoms with E-state index < -0.39 is 0 Å². The van der Waals surface area contributed by atoms with Crippen LogP contribution in [0.25, 0.3) is 0 Å². The molecule has 3 aliphatic rings. The van der Waals surface area contributed by atoms with Crippen molar-refractivity contribution in [2.75, 3.05) is 6.61 Å². The van der Waals surface area contributed by atoms with Crippen molar-refractivity contribution in [2.24, 2.45) is 23.2 Å². The van der Waals surface area contributed by atoms with Gasteiger partial charge in [0.1, 0.15) is 0 Å². The van der Waals surface area contributed by atoms with Gasteiger partial charge in [-0.3, -0.25) is 0 Å². The molecule has 2 bridgehead atoms. The van der Waals surface area contributed by atoms with Gasteiger partial charge >= 0.3 is 0 Å². The number of rotatable bonds is 1. The zero-order valence-corrected chi connectivity index (χ0v) is 8.01. The summed E-state index contributed by atoms with van der Waals surface area (Å²) in [5.74, 6) is 1.93. The van der Waals surface area contributed by atoms with E-state index in [-0.39, 0.29) is 0 Å². The molecule has 0 aliphatic heterocycles. The summed E-state index contributed by atoms with van der Waals surface area (Å²) in [6, 6.07) is 0. The van der Waals surface area contributed by atoms with E-state index in [1.54, 1.807) is 0 Å². The van der Waals surface area contributed by atoms with Crippen LogP contribution in [0.4, 0.5) is 0 Å². The van der Waals surface area contributed by atoms with Crippen LogP contribution in [-0.2, 0) is 0 Å². The second kappa shape index (κ2) is 2.35. The first kappa shape index (κ1) is 8.31. The van der Waals surface area contributed by atoms with E-state index >= 15 is 0 Å². The predicted octanol–water partition coefficient (Wildman–Crippen LogP) is 2.22. The van der Waals surface area contributed by atoms with E-state index in [9.17, 15) is 0 Å². The van der Waals surface area contributed by atoms with Crippen molar-refractivity contribution >= 4 is 0 Å². The van der Waals surface area contributed by atoms with Gasteiger partial charge in [-0.1, -0.05) is 26.0 Å². The van der Waals surface area contributed by atoms with Gasteiger partial charge in [-0.15, -0.1) is 0 Å². The van der Waals surface area contributed by atoms with E-state index in [0.29, 0.717) is 23.9 Å². The minimum Gasteiger partial charge on any atom is -0.396 e. The Hall–Kier alpha value is -0.300. The number of aliphatic hydroxyl groups is 1. The molecule has 12 heavy (non-hydrogen) atoms. The third kappa shape index (κ3) is 0.832. The fraction of sp³-hybridized carbons (Fsp3) is 0.818. The van der Waals surface area contributed by atoms with Crippen molar-refractivity contribution in [1.29, 1.82) is 0 Å². The van der Waals surface area contributed by atoms with Crippen LogP contribution < -0.4 is 0 Å². The molecule has 1 nitrogen and oxygen atoms in total. The van der Waals surface area contributed by atoms with Gasteiger partial charge in [0.15, 0.2) is 0 Å². The first-order chi connectivity index (χ1) is 5.57. The number of fused-ring (bicyclic) bond motifs is 2. The van der Waals surface area contributed by atoms with E-state index in [1.165, 1.54) is 18.4 Å². The third-order valence-electron chi connectivity index (χ3n) is 4.23. The highest BCUT2D eigenvalue weighted by Gasteiger charge is 2.54. The summed E-state index contributed by atoms with van der Waals surface area (Å²) in [6.45, 7) is 9.10. The molecule has 3 fully saturated rings. The van der Waals surface area contributed by atoms with Crippen molar-refractivity contribution < 1.29 is 5.11 Å². The first-order valence-corrected chi connectivity index (χ1v) is 4.87. The molecule has 3 atom stereocenters. The van der Waals surface area contributed by atoms with Gasteiger partial charge in [0.2, 0.25) is 0 Å². The molecule has 0 aromatic heterocycles. The van der Waals surface area contributed by atoms with Crippen LogP contribution in [0.3, 0.4) is 0 Å². The van der Waals surface area contributed by atoms with Gasteiger partial charge in [0.25, 0.3) is 0 Å². The molecule has 0 heterocycles. The molecule has 3 saturated carbocycles. The number of hydrogen-bond donors (Lipinski definition) is 1. The SMILES string of the molecule is C=C1[C@@H](CO)C[C@H]2C[C@H]1C2(C)C. The van der Waals surface area contributed by atoms with Crippen molar-refractivity contribution in [3.05, 3.63) is 12.2 Å². The second-order valence-corrected chi connectivity index (χ2v) is 5.00. The molecule has 1 heteroatoms. The Balaban J connectivity index is 2.17. The summed E-state index contributed by atoms with van der Waals surface area (Å²) in [7, 11) is 0. The van der Waals surface area contributed by atoms with Gasteiger partial charge in [-0.2, -0.15) is 0 Å². The molecule has 0 unspecified atom stereocenters. The fourth-order valence-electron chi connectivity index (χ4n) is 3.02. The van der Waals surface area contributed by atoms with Gasteiger partial charge in [0, 0.05) is 12.5 Å². The third-order valence-corrected chi connectivity index (χ3v) is 4.23. The monoisotopic (exact) mass is 166 g/mol. The summed E-state index contributed by atoms with van der Waals surface area (Å²) in [6.07, 6.45) is 2.49. The molecule has 3 aliphatic carbocycles. The second-order valence-electron chi connectivity index (χ2n) is 5.00.